The van der Waals surface area contributed by atoms with E-state index in [2.05, 4.69) is 21.2 Å². The number of hydrogen-bond acceptors (Lipinski definition) is 6. The first-order chi connectivity index (χ1) is 13.0. The van der Waals surface area contributed by atoms with E-state index in [4.69, 9.17) is 39.5 Å². The number of ether oxygens (including phenoxy) is 1. The van der Waals surface area contributed by atoms with Gasteiger partial charge in [-0.05, 0) is 24.3 Å². The van der Waals surface area contributed by atoms with Gasteiger partial charge in [0.25, 0.3) is 17.3 Å². The third-order valence-corrected chi connectivity index (χ3v) is 4.34. The molecule has 2 aromatic carbocycles. The highest BCUT2D eigenvalue weighted by Gasteiger charge is 2.37. The Kier molecular flexibility index (Phi) is 7.05. The Bertz CT molecular complexity index is 888. The molecule has 1 N–H and O–H groups in total. The van der Waals surface area contributed by atoms with Gasteiger partial charge in [-0.15, -0.1) is 0 Å². The van der Waals surface area contributed by atoms with E-state index in [0.29, 0.717) is 0 Å². The standard InChI is InChI=1S/C15H9BrCl3N3O6/c16-9-1-3-12(4-2-9)28-14(15(17,18)19)20-13(23)8-5-10(21(24)25)7-11(6-8)22(26)27/h1-7,14H,(H,20,23)/t14-/m0/s1. The van der Waals surface area contributed by atoms with Crippen LogP contribution < -0.4 is 10.1 Å². The van der Waals surface area contributed by atoms with Crippen LogP contribution in [-0.4, -0.2) is 25.8 Å². The first-order valence-corrected chi connectivity index (χ1v) is 9.14. The van der Waals surface area contributed by atoms with Crippen LogP contribution in [0.25, 0.3) is 0 Å². The Hall–Kier alpha value is -2.14. The molecule has 0 aliphatic rings. The van der Waals surface area contributed by atoms with Crippen molar-refractivity contribution in [3.63, 3.8) is 0 Å². The summed E-state index contributed by atoms with van der Waals surface area (Å²) in [5.74, 6) is -0.718. The molecular formula is C15H9BrCl3N3O6. The van der Waals surface area contributed by atoms with Crippen molar-refractivity contribution < 1.29 is 19.4 Å². The van der Waals surface area contributed by atoms with Gasteiger partial charge in [0.1, 0.15) is 5.75 Å². The molecule has 28 heavy (non-hydrogen) atoms. The predicted molar refractivity (Wildman–Crippen MR) is 106 cm³/mol. The molecular weight excluding hydrogens is 504 g/mol. The fourth-order valence-corrected chi connectivity index (χ4v) is 2.53. The van der Waals surface area contributed by atoms with Crippen molar-refractivity contribution in [1.29, 1.82) is 0 Å². The Morgan fingerprint density at radius 1 is 1.04 bits per heavy atom. The minimum absolute atomic E-state index is 0.254. The van der Waals surface area contributed by atoms with Crippen molar-refractivity contribution in [3.05, 3.63) is 72.7 Å². The summed E-state index contributed by atoms with van der Waals surface area (Å²) in [6.45, 7) is 0. The number of carbonyl (C=O) groups excluding carboxylic acids is 1. The van der Waals surface area contributed by atoms with Gasteiger partial charge in [-0.2, -0.15) is 0 Å². The molecule has 148 valence electrons. The zero-order valence-corrected chi connectivity index (χ0v) is 17.3. The van der Waals surface area contributed by atoms with E-state index in [1.165, 1.54) is 12.1 Å². The predicted octanol–water partition coefficient (Wildman–Crippen LogP) is 4.77. The van der Waals surface area contributed by atoms with Crippen molar-refractivity contribution in [2.24, 2.45) is 0 Å². The summed E-state index contributed by atoms with van der Waals surface area (Å²) in [6, 6.07) is 8.82. The average Bonchev–Trinajstić information content (AvgIpc) is 2.61. The van der Waals surface area contributed by atoms with Gasteiger partial charge < -0.3 is 10.1 Å². The van der Waals surface area contributed by atoms with Gasteiger partial charge in [0, 0.05) is 16.6 Å². The minimum atomic E-state index is -2.12. The monoisotopic (exact) mass is 511 g/mol. The number of nitro benzene ring substituents is 2. The topological polar surface area (TPSA) is 125 Å². The molecule has 0 spiro atoms. The molecule has 0 aliphatic heterocycles. The second-order valence-corrected chi connectivity index (χ2v) is 8.50. The fourth-order valence-electron chi connectivity index (χ4n) is 1.97. The number of alkyl halides is 3. The van der Waals surface area contributed by atoms with Gasteiger partial charge in [0.05, 0.1) is 21.5 Å². The van der Waals surface area contributed by atoms with Crippen molar-refractivity contribution in [2.45, 2.75) is 10.0 Å². The van der Waals surface area contributed by atoms with E-state index >= 15 is 0 Å². The van der Waals surface area contributed by atoms with Gasteiger partial charge in [-0.3, -0.25) is 25.0 Å². The minimum Gasteiger partial charge on any atom is -0.466 e. The summed E-state index contributed by atoms with van der Waals surface area (Å²) in [4.78, 5) is 32.7. The number of nitrogens with one attached hydrogen (secondary N) is 1. The molecule has 0 saturated heterocycles. The van der Waals surface area contributed by atoms with Crippen LogP contribution >= 0.6 is 50.7 Å². The number of rotatable bonds is 6. The normalized spacial score (nSPS) is 12.1. The highest BCUT2D eigenvalue weighted by Crippen LogP contribution is 2.33. The molecule has 0 saturated carbocycles. The lowest BCUT2D eigenvalue weighted by atomic mass is 10.1. The molecule has 9 nitrogen and oxygen atoms in total. The number of halogens is 4. The van der Waals surface area contributed by atoms with Crippen LogP contribution in [0.2, 0.25) is 0 Å². The maximum Gasteiger partial charge on any atom is 0.277 e. The maximum atomic E-state index is 12.5. The molecule has 0 unspecified atom stereocenters. The number of nitro groups is 2. The van der Waals surface area contributed by atoms with Gasteiger partial charge in [0.2, 0.25) is 10.0 Å². The third-order valence-electron chi connectivity index (χ3n) is 3.21. The fraction of sp³-hybridized carbons (Fsp3) is 0.133. The molecule has 2 aromatic rings. The van der Waals surface area contributed by atoms with Crippen LogP contribution in [-0.2, 0) is 0 Å². The highest BCUT2D eigenvalue weighted by atomic mass is 79.9. The molecule has 0 heterocycles. The first-order valence-electron chi connectivity index (χ1n) is 7.21. The number of carbonyl (C=O) groups is 1. The summed E-state index contributed by atoms with van der Waals surface area (Å²) in [5, 5.41) is 24.2. The third kappa shape index (κ3) is 5.93. The summed E-state index contributed by atoms with van der Waals surface area (Å²) in [7, 11) is 0. The molecule has 0 bridgehead atoms. The van der Waals surface area contributed by atoms with Crippen LogP contribution in [0.3, 0.4) is 0 Å². The number of amides is 1. The molecule has 0 aliphatic carbocycles. The Morgan fingerprint density at radius 3 is 1.96 bits per heavy atom. The Labute approximate surface area is 180 Å². The number of benzene rings is 2. The van der Waals surface area contributed by atoms with Crippen LogP contribution in [0, 0.1) is 20.2 Å². The largest absolute Gasteiger partial charge is 0.466 e. The molecule has 0 fully saturated rings. The van der Waals surface area contributed by atoms with Crippen LogP contribution in [0.1, 0.15) is 10.4 Å². The second-order valence-electron chi connectivity index (χ2n) is 5.22. The average molecular weight is 514 g/mol. The Balaban J connectivity index is 2.31. The van der Waals surface area contributed by atoms with Gasteiger partial charge in [-0.1, -0.05) is 50.7 Å². The Morgan fingerprint density at radius 2 is 1.54 bits per heavy atom. The van der Waals surface area contributed by atoms with Crippen LogP contribution in [0.4, 0.5) is 11.4 Å². The van der Waals surface area contributed by atoms with Crippen molar-refractivity contribution in [1.82, 2.24) is 5.32 Å². The lowest BCUT2D eigenvalue weighted by molar-refractivity contribution is -0.394. The molecule has 13 heteroatoms. The molecule has 1 amide bonds. The van der Waals surface area contributed by atoms with E-state index in [1.54, 1.807) is 12.1 Å². The van der Waals surface area contributed by atoms with E-state index in [1.807, 2.05) is 0 Å². The van der Waals surface area contributed by atoms with Crippen molar-refractivity contribution >= 4 is 68.0 Å². The number of hydrogen-bond donors (Lipinski definition) is 1. The summed E-state index contributed by atoms with van der Waals surface area (Å²) < 4.78 is 4.11. The maximum absolute atomic E-state index is 12.5. The molecule has 0 aromatic heterocycles. The lowest BCUT2D eigenvalue weighted by Gasteiger charge is -2.26. The van der Waals surface area contributed by atoms with Crippen molar-refractivity contribution in [3.8, 4) is 5.75 Å². The first kappa shape index (κ1) is 22.2. The van der Waals surface area contributed by atoms with Crippen molar-refractivity contribution in [2.75, 3.05) is 0 Å². The van der Waals surface area contributed by atoms with E-state index in [9.17, 15) is 25.0 Å². The van der Waals surface area contributed by atoms with E-state index in [0.717, 1.165) is 22.7 Å². The van der Waals surface area contributed by atoms with Gasteiger partial charge >= 0.3 is 0 Å². The zero-order valence-electron chi connectivity index (χ0n) is 13.5. The molecule has 2 rings (SSSR count). The summed E-state index contributed by atoms with van der Waals surface area (Å²) in [5.41, 5.74) is -1.66. The number of non-ortho nitro benzene ring substituents is 2. The van der Waals surface area contributed by atoms with Crippen LogP contribution in [0.15, 0.2) is 46.9 Å². The lowest BCUT2D eigenvalue weighted by Crippen LogP contribution is -2.47. The van der Waals surface area contributed by atoms with Gasteiger partial charge in [0.15, 0.2) is 0 Å². The van der Waals surface area contributed by atoms with E-state index in [-0.39, 0.29) is 11.3 Å². The zero-order chi connectivity index (χ0) is 21.1. The quantitative estimate of drug-likeness (QED) is 0.257. The van der Waals surface area contributed by atoms with E-state index < -0.39 is 37.1 Å². The molecule has 0 radical (unpaired) electrons. The van der Waals surface area contributed by atoms with Crippen LogP contribution in [0.5, 0.6) is 5.75 Å². The summed E-state index contributed by atoms with van der Waals surface area (Å²) in [6.07, 6.45) is -1.50. The second kappa shape index (κ2) is 8.91. The smallest absolute Gasteiger partial charge is 0.277 e. The highest BCUT2D eigenvalue weighted by molar-refractivity contribution is 9.10. The summed E-state index contributed by atoms with van der Waals surface area (Å²) >= 11 is 20.8. The van der Waals surface area contributed by atoms with Gasteiger partial charge in [-0.25, -0.2) is 0 Å². The molecule has 1 atom stereocenters. The SMILES string of the molecule is O=C(N[C@@H](Oc1ccc(Br)cc1)C(Cl)(Cl)Cl)c1cc([N+](=O)[O-])cc([N+](=O)[O-])c1. The number of nitrogens with zero attached hydrogens (tertiary/aromatic N) is 2.